The summed E-state index contributed by atoms with van der Waals surface area (Å²) in [5, 5.41) is 0. The number of hydrogen-bond acceptors (Lipinski definition) is 1. The topological polar surface area (TPSA) is 17.8 Å². The third kappa shape index (κ3) is 2.44. The first-order chi connectivity index (χ1) is 9.70. The Labute approximate surface area is 123 Å². The molecule has 1 fully saturated rings. The highest BCUT2D eigenvalue weighted by molar-refractivity contribution is 6.16. The summed E-state index contributed by atoms with van der Waals surface area (Å²) in [6.07, 6.45) is 7.48. The molecule has 1 heterocycles. The van der Waals surface area contributed by atoms with E-state index in [0.717, 1.165) is 16.9 Å². The first-order valence-corrected chi connectivity index (χ1v) is 7.97. The van der Waals surface area contributed by atoms with E-state index in [2.05, 4.69) is 9.55 Å². The predicted molar refractivity (Wildman–Crippen MR) is 80.7 cm³/mol. The normalized spacial score (nSPS) is 17.6. The zero-order valence-corrected chi connectivity index (χ0v) is 12.6. The van der Waals surface area contributed by atoms with Crippen molar-refractivity contribution >= 4 is 22.6 Å². The van der Waals surface area contributed by atoms with E-state index in [1.807, 2.05) is 6.07 Å². The molecule has 1 aliphatic rings. The van der Waals surface area contributed by atoms with Gasteiger partial charge in [0.25, 0.3) is 0 Å². The maximum absolute atomic E-state index is 13.7. The lowest BCUT2D eigenvalue weighted by Crippen LogP contribution is -2.11. The lowest BCUT2D eigenvalue weighted by atomic mass is 10.1. The SMILES string of the molecule is Cc1cc2c(cc1F)nc(CCl)n2C1CCCCCC1. The first-order valence-electron chi connectivity index (χ1n) is 7.43. The highest BCUT2D eigenvalue weighted by Crippen LogP contribution is 2.32. The largest absolute Gasteiger partial charge is 0.324 e. The van der Waals surface area contributed by atoms with Crippen molar-refractivity contribution in [3.63, 3.8) is 0 Å². The number of aromatic nitrogens is 2. The average Bonchev–Trinajstić information content (AvgIpc) is 2.63. The number of aryl methyl sites for hydroxylation is 1. The predicted octanol–water partition coefficient (Wildman–Crippen LogP) is 5.12. The van der Waals surface area contributed by atoms with Crippen molar-refractivity contribution in [2.75, 3.05) is 0 Å². The van der Waals surface area contributed by atoms with Crippen LogP contribution in [0.1, 0.15) is 56.0 Å². The fourth-order valence-electron chi connectivity index (χ4n) is 3.29. The van der Waals surface area contributed by atoms with Crippen LogP contribution in [0.4, 0.5) is 4.39 Å². The lowest BCUT2D eigenvalue weighted by Gasteiger charge is -2.19. The summed E-state index contributed by atoms with van der Waals surface area (Å²) in [6.45, 7) is 1.81. The molecule has 0 aliphatic heterocycles. The van der Waals surface area contributed by atoms with Crippen LogP contribution in [-0.2, 0) is 5.88 Å². The molecule has 1 saturated carbocycles. The van der Waals surface area contributed by atoms with E-state index in [-0.39, 0.29) is 5.82 Å². The monoisotopic (exact) mass is 294 g/mol. The van der Waals surface area contributed by atoms with Crippen molar-refractivity contribution in [3.8, 4) is 0 Å². The van der Waals surface area contributed by atoms with Crippen LogP contribution in [0.3, 0.4) is 0 Å². The Bertz CT molecular complexity index is 612. The van der Waals surface area contributed by atoms with E-state index in [1.165, 1.54) is 44.6 Å². The number of fused-ring (bicyclic) bond motifs is 1. The molecule has 0 amide bonds. The second-order valence-electron chi connectivity index (χ2n) is 5.77. The Morgan fingerprint density at radius 3 is 2.60 bits per heavy atom. The fraction of sp³-hybridized carbons (Fsp3) is 0.562. The summed E-state index contributed by atoms with van der Waals surface area (Å²) in [6, 6.07) is 3.91. The van der Waals surface area contributed by atoms with Gasteiger partial charge in [0, 0.05) is 12.1 Å². The third-order valence-corrected chi connectivity index (χ3v) is 4.59. The van der Waals surface area contributed by atoms with Gasteiger partial charge < -0.3 is 4.57 Å². The summed E-state index contributed by atoms with van der Waals surface area (Å²) < 4.78 is 16.0. The second kappa shape index (κ2) is 5.72. The van der Waals surface area contributed by atoms with Crippen LogP contribution in [0, 0.1) is 12.7 Å². The Morgan fingerprint density at radius 2 is 1.95 bits per heavy atom. The minimum Gasteiger partial charge on any atom is -0.324 e. The molecular weight excluding hydrogens is 275 g/mol. The van der Waals surface area contributed by atoms with Gasteiger partial charge in [-0.25, -0.2) is 9.37 Å². The van der Waals surface area contributed by atoms with E-state index < -0.39 is 0 Å². The van der Waals surface area contributed by atoms with E-state index in [9.17, 15) is 4.39 Å². The Hall–Kier alpha value is -1.09. The van der Waals surface area contributed by atoms with Crippen molar-refractivity contribution in [1.29, 1.82) is 0 Å². The molecule has 0 bridgehead atoms. The molecule has 0 N–H and O–H groups in total. The average molecular weight is 295 g/mol. The number of alkyl halides is 1. The quantitative estimate of drug-likeness (QED) is 0.555. The Kier molecular flexibility index (Phi) is 3.97. The van der Waals surface area contributed by atoms with Crippen LogP contribution < -0.4 is 0 Å². The highest BCUT2D eigenvalue weighted by atomic mass is 35.5. The van der Waals surface area contributed by atoms with Gasteiger partial charge >= 0.3 is 0 Å². The molecule has 1 aromatic carbocycles. The molecule has 0 spiro atoms. The first kappa shape index (κ1) is 13.9. The summed E-state index contributed by atoms with van der Waals surface area (Å²) in [5.41, 5.74) is 2.44. The van der Waals surface area contributed by atoms with Crippen LogP contribution in [0.2, 0.25) is 0 Å². The standard InChI is InChI=1S/C16H20ClFN2/c1-11-8-15-14(9-13(11)18)19-16(10-17)20(15)12-6-4-2-3-5-7-12/h8-9,12H,2-7,10H2,1H3. The molecule has 1 aliphatic carbocycles. The minimum atomic E-state index is -0.191. The van der Waals surface area contributed by atoms with E-state index in [1.54, 1.807) is 6.92 Å². The van der Waals surface area contributed by atoms with Gasteiger partial charge in [0.05, 0.1) is 16.9 Å². The van der Waals surface area contributed by atoms with Gasteiger partial charge in [-0.1, -0.05) is 25.7 Å². The van der Waals surface area contributed by atoms with Crippen LogP contribution in [0.15, 0.2) is 12.1 Å². The van der Waals surface area contributed by atoms with Gasteiger partial charge in [0.1, 0.15) is 11.6 Å². The summed E-state index contributed by atoms with van der Waals surface area (Å²) in [4.78, 5) is 4.53. The molecule has 0 atom stereocenters. The zero-order valence-electron chi connectivity index (χ0n) is 11.8. The second-order valence-corrected chi connectivity index (χ2v) is 6.03. The summed E-state index contributed by atoms with van der Waals surface area (Å²) in [5.74, 6) is 1.06. The van der Waals surface area contributed by atoms with Crippen molar-refractivity contribution in [2.24, 2.45) is 0 Å². The smallest absolute Gasteiger partial charge is 0.128 e. The van der Waals surface area contributed by atoms with Crippen LogP contribution in [0.25, 0.3) is 11.0 Å². The van der Waals surface area contributed by atoms with Crippen molar-refractivity contribution < 1.29 is 4.39 Å². The van der Waals surface area contributed by atoms with Crippen LogP contribution >= 0.6 is 11.6 Å². The summed E-state index contributed by atoms with van der Waals surface area (Å²) >= 11 is 6.07. The highest BCUT2D eigenvalue weighted by Gasteiger charge is 2.20. The van der Waals surface area contributed by atoms with Crippen LogP contribution in [0.5, 0.6) is 0 Å². The fourth-order valence-corrected chi connectivity index (χ4v) is 3.48. The molecule has 0 radical (unpaired) electrons. The van der Waals surface area contributed by atoms with E-state index >= 15 is 0 Å². The summed E-state index contributed by atoms with van der Waals surface area (Å²) in [7, 11) is 0. The Morgan fingerprint density at radius 1 is 1.25 bits per heavy atom. The van der Waals surface area contributed by atoms with Gasteiger partial charge in [-0.3, -0.25) is 0 Å². The zero-order chi connectivity index (χ0) is 14.1. The van der Waals surface area contributed by atoms with Gasteiger partial charge in [-0.05, 0) is 31.4 Å². The van der Waals surface area contributed by atoms with Gasteiger partial charge in [0.15, 0.2) is 0 Å². The van der Waals surface area contributed by atoms with Crippen molar-refractivity contribution in [1.82, 2.24) is 9.55 Å². The number of hydrogen-bond donors (Lipinski definition) is 0. The number of halogens is 2. The lowest BCUT2D eigenvalue weighted by molar-refractivity contribution is 0.444. The number of benzene rings is 1. The van der Waals surface area contributed by atoms with Crippen molar-refractivity contribution in [2.45, 2.75) is 57.4 Å². The molecule has 108 valence electrons. The van der Waals surface area contributed by atoms with E-state index in [4.69, 9.17) is 11.6 Å². The molecule has 0 saturated heterocycles. The molecule has 1 aromatic heterocycles. The molecule has 20 heavy (non-hydrogen) atoms. The van der Waals surface area contributed by atoms with Gasteiger partial charge in [0.2, 0.25) is 0 Å². The number of rotatable bonds is 2. The maximum Gasteiger partial charge on any atom is 0.128 e. The number of imidazole rings is 1. The van der Waals surface area contributed by atoms with E-state index in [0.29, 0.717) is 17.5 Å². The minimum absolute atomic E-state index is 0.191. The molecule has 3 rings (SSSR count). The molecule has 2 nitrogen and oxygen atoms in total. The van der Waals surface area contributed by atoms with Gasteiger partial charge in [-0.2, -0.15) is 0 Å². The molecule has 0 unspecified atom stereocenters. The van der Waals surface area contributed by atoms with Gasteiger partial charge in [-0.15, -0.1) is 11.6 Å². The Balaban J connectivity index is 2.13. The third-order valence-electron chi connectivity index (χ3n) is 4.35. The molecule has 4 heteroatoms. The maximum atomic E-state index is 13.7. The van der Waals surface area contributed by atoms with Crippen LogP contribution in [-0.4, -0.2) is 9.55 Å². The molecule has 2 aromatic rings. The molecular formula is C16H20ClFN2. The number of nitrogens with zero attached hydrogens (tertiary/aromatic N) is 2. The van der Waals surface area contributed by atoms with Crippen molar-refractivity contribution in [3.05, 3.63) is 29.3 Å².